The molecule has 1 aliphatic rings. The molecule has 1 heterocycles. The van der Waals surface area contributed by atoms with E-state index in [0.29, 0.717) is 12.5 Å². The second kappa shape index (κ2) is 15.4. The van der Waals surface area contributed by atoms with Gasteiger partial charge in [0, 0.05) is 13.1 Å². The molecule has 1 rings (SSSR count). The van der Waals surface area contributed by atoms with Crippen molar-refractivity contribution in [3.63, 3.8) is 0 Å². The Balaban J connectivity index is 0. The van der Waals surface area contributed by atoms with Gasteiger partial charge >= 0.3 is 0 Å². The van der Waals surface area contributed by atoms with Crippen LogP contribution in [0.5, 0.6) is 0 Å². The van der Waals surface area contributed by atoms with Gasteiger partial charge in [0.25, 0.3) is 0 Å². The number of aliphatic hydroxyl groups excluding tert-OH is 1. The lowest BCUT2D eigenvalue weighted by Gasteiger charge is -2.43. The molecular weight excluding hydrogens is 336 g/mol. The molecule has 0 aromatic heterocycles. The highest BCUT2D eigenvalue weighted by Crippen LogP contribution is 2.37. The second-order valence-corrected chi connectivity index (χ2v) is 6.39. The molecule has 1 saturated heterocycles. The predicted octanol–water partition coefficient (Wildman–Crippen LogP) is 4.65. The Morgan fingerprint density at radius 1 is 1.30 bits per heavy atom. The van der Waals surface area contributed by atoms with E-state index >= 15 is 0 Å². The Labute approximate surface area is 167 Å². The van der Waals surface area contributed by atoms with Crippen LogP contribution in [-0.2, 0) is 4.79 Å². The normalized spacial score (nSPS) is 23.1. The Hall–Kier alpha value is -1.65. The summed E-state index contributed by atoms with van der Waals surface area (Å²) in [6.07, 6.45) is 8.99. The number of nitrogens with zero attached hydrogens (tertiary/aromatic N) is 2. The van der Waals surface area contributed by atoms with E-state index < -0.39 is 6.10 Å². The molecule has 0 saturated carbocycles. The predicted molar refractivity (Wildman–Crippen MR) is 118 cm³/mol. The first kappa shape index (κ1) is 27.6. The number of amides is 1. The fraction of sp³-hybridized carbons (Fsp3) is 0.609. The summed E-state index contributed by atoms with van der Waals surface area (Å²) >= 11 is 0. The second-order valence-electron chi connectivity index (χ2n) is 6.39. The molecule has 1 aliphatic heterocycles. The fourth-order valence-corrected chi connectivity index (χ4v) is 3.00. The van der Waals surface area contributed by atoms with Crippen molar-refractivity contribution in [1.82, 2.24) is 9.80 Å². The zero-order valence-electron chi connectivity index (χ0n) is 18.4. The molecule has 156 valence electrons. The summed E-state index contributed by atoms with van der Waals surface area (Å²) in [6.45, 7) is 26.1. The van der Waals surface area contributed by atoms with Crippen LogP contribution in [0.3, 0.4) is 0 Å². The Kier molecular flexibility index (Phi) is 15.7. The van der Waals surface area contributed by atoms with Gasteiger partial charge in [-0.05, 0) is 43.5 Å². The quantitative estimate of drug-likeness (QED) is 0.494. The summed E-state index contributed by atoms with van der Waals surface area (Å²) in [6, 6.07) is 0. The van der Waals surface area contributed by atoms with E-state index in [1.54, 1.807) is 13.0 Å². The summed E-state index contributed by atoms with van der Waals surface area (Å²) in [7, 11) is 0. The number of allylic oxidation sites excluding steroid dienone is 2. The molecular formula is C23H42N2O2. The monoisotopic (exact) mass is 378 g/mol. The van der Waals surface area contributed by atoms with Gasteiger partial charge in [-0.2, -0.15) is 0 Å². The van der Waals surface area contributed by atoms with Crippen LogP contribution < -0.4 is 0 Å². The molecule has 0 bridgehead atoms. The maximum Gasteiger partial charge on any atom is 0.250 e. The summed E-state index contributed by atoms with van der Waals surface area (Å²) < 4.78 is 0. The molecule has 0 radical (unpaired) electrons. The highest BCUT2D eigenvalue weighted by molar-refractivity contribution is 5.88. The van der Waals surface area contributed by atoms with Crippen molar-refractivity contribution >= 4 is 5.91 Å². The molecule has 3 atom stereocenters. The van der Waals surface area contributed by atoms with Crippen molar-refractivity contribution in [2.45, 2.75) is 54.1 Å². The van der Waals surface area contributed by atoms with E-state index in [9.17, 15) is 9.90 Å². The van der Waals surface area contributed by atoms with E-state index in [1.165, 1.54) is 17.2 Å². The zero-order valence-corrected chi connectivity index (χ0v) is 18.4. The van der Waals surface area contributed by atoms with Crippen LogP contribution in [0.2, 0.25) is 0 Å². The summed E-state index contributed by atoms with van der Waals surface area (Å²) in [5.74, 6) is 0.157. The van der Waals surface area contributed by atoms with Crippen LogP contribution in [0, 0.1) is 11.3 Å². The van der Waals surface area contributed by atoms with Crippen molar-refractivity contribution in [1.29, 1.82) is 0 Å². The minimum Gasteiger partial charge on any atom is -0.390 e. The molecule has 0 aromatic carbocycles. The average molecular weight is 379 g/mol. The molecule has 1 fully saturated rings. The van der Waals surface area contributed by atoms with Crippen LogP contribution in [0.15, 0.2) is 50.2 Å². The summed E-state index contributed by atoms with van der Waals surface area (Å²) in [4.78, 5) is 15.5. The highest BCUT2D eigenvalue weighted by Gasteiger charge is 2.35. The zero-order chi connectivity index (χ0) is 21.5. The third kappa shape index (κ3) is 9.21. The minimum atomic E-state index is -0.610. The summed E-state index contributed by atoms with van der Waals surface area (Å²) in [5.41, 5.74) is 0.0677. The van der Waals surface area contributed by atoms with Gasteiger partial charge in [0.05, 0.1) is 12.6 Å². The third-order valence-electron chi connectivity index (χ3n) is 4.71. The van der Waals surface area contributed by atoms with E-state index in [4.69, 9.17) is 0 Å². The van der Waals surface area contributed by atoms with Crippen LogP contribution in [0.25, 0.3) is 0 Å². The van der Waals surface area contributed by atoms with Crippen LogP contribution >= 0.6 is 0 Å². The summed E-state index contributed by atoms with van der Waals surface area (Å²) in [5, 5.41) is 10.3. The molecule has 0 aliphatic carbocycles. The number of carbonyl (C=O) groups excluding carboxylic acids is 1. The van der Waals surface area contributed by atoms with Crippen molar-refractivity contribution in [3.05, 3.63) is 50.2 Å². The lowest BCUT2D eigenvalue weighted by molar-refractivity contribution is -0.124. The first-order valence-electron chi connectivity index (χ1n) is 10.1. The van der Waals surface area contributed by atoms with Crippen LogP contribution in [0.1, 0.15) is 48.0 Å². The van der Waals surface area contributed by atoms with Crippen LogP contribution in [-0.4, -0.2) is 53.1 Å². The van der Waals surface area contributed by atoms with Crippen molar-refractivity contribution in [3.8, 4) is 0 Å². The number of aliphatic hydroxyl groups is 1. The lowest BCUT2D eigenvalue weighted by Crippen LogP contribution is -2.48. The number of likely N-dealkylation sites (tertiary alicyclic amines) is 1. The molecule has 3 unspecified atom stereocenters. The van der Waals surface area contributed by atoms with Gasteiger partial charge in [-0.15, -0.1) is 13.2 Å². The number of hydrogen-bond donors (Lipinski definition) is 1. The van der Waals surface area contributed by atoms with Gasteiger partial charge in [-0.3, -0.25) is 4.79 Å². The first-order valence-corrected chi connectivity index (χ1v) is 10.1. The molecule has 4 heteroatoms. The maximum absolute atomic E-state index is 11.8. The smallest absolute Gasteiger partial charge is 0.250 e. The Morgan fingerprint density at radius 2 is 1.89 bits per heavy atom. The number of hydrogen-bond acceptors (Lipinski definition) is 3. The van der Waals surface area contributed by atoms with Gasteiger partial charge in [-0.25, -0.2) is 0 Å². The maximum atomic E-state index is 11.8. The SMILES string of the molecule is C=CC1CN(CC(O)CN(C=C)C(=O)/C=C\C)CCC1(C)C=C.CC.CC. The Bertz CT molecular complexity index is 473. The van der Waals surface area contributed by atoms with Gasteiger partial charge < -0.3 is 14.9 Å². The third-order valence-corrected chi connectivity index (χ3v) is 4.71. The van der Waals surface area contributed by atoms with Crippen molar-refractivity contribution in [2.24, 2.45) is 11.3 Å². The van der Waals surface area contributed by atoms with E-state index in [2.05, 4.69) is 31.6 Å². The fourth-order valence-electron chi connectivity index (χ4n) is 3.00. The number of piperidine rings is 1. The molecule has 0 aromatic rings. The highest BCUT2D eigenvalue weighted by atomic mass is 16.3. The molecule has 4 nitrogen and oxygen atoms in total. The molecule has 1 N–H and O–H groups in total. The first-order chi connectivity index (χ1) is 12.9. The van der Waals surface area contributed by atoms with Gasteiger partial charge in [-0.1, -0.05) is 59.4 Å². The van der Waals surface area contributed by atoms with E-state index in [1.807, 2.05) is 39.8 Å². The molecule has 1 amide bonds. The standard InChI is InChI=1S/C19H30N2O2.2C2H6/c1-6-10-18(23)21(9-4)15-17(22)14-20-12-11-19(5,8-3)16(7-2)13-20;2*1-2/h6-10,16-17,22H,2-4,11-15H2,1,5H3;2*1-2H3/b10-6-;;. The topological polar surface area (TPSA) is 43.8 Å². The van der Waals surface area contributed by atoms with Crippen LogP contribution in [0.4, 0.5) is 0 Å². The molecule has 27 heavy (non-hydrogen) atoms. The lowest BCUT2D eigenvalue weighted by atomic mass is 9.72. The minimum absolute atomic E-state index is 0.0677. The van der Waals surface area contributed by atoms with Gasteiger partial charge in [0.15, 0.2) is 0 Å². The van der Waals surface area contributed by atoms with E-state index in [-0.39, 0.29) is 17.9 Å². The number of carbonyl (C=O) groups is 1. The van der Waals surface area contributed by atoms with Crippen molar-refractivity contribution < 1.29 is 9.90 Å². The Morgan fingerprint density at radius 3 is 2.33 bits per heavy atom. The number of rotatable bonds is 8. The van der Waals surface area contributed by atoms with Crippen molar-refractivity contribution in [2.75, 3.05) is 26.2 Å². The van der Waals surface area contributed by atoms with E-state index in [0.717, 1.165) is 19.5 Å². The number of β-amino-alcohol motifs (C(OH)–C–C–N with tert-alkyl or cyclic N) is 1. The largest absolute Gasteiger partial charge is 0.390 e. The molecule has 0 spiro atoms. The average Bonchev–Trinajstić information content (AvgIpc) is 2.70. The van der Waals surface area contributed by atoms with Gasteiger partial charge in [0.2, 0.25) is 5.91 Å². The van der Waals surface area contributed by atoms with Gasteiger partial charge in [0.1, 0.15) is 0 Å².